The van der Waals surface area contributed by atoms with Gasteiger partial charge < -0.3 is 10.0 Å². The smallest absolute Gasteiger partial charge is 0.206 e. The van der Waals surface area contributed by atoms with Crippen molar-refractivity contribution in [3.63, 3.8) is 0 Å². The monoisotopic (exact) mass is 161 g/mol. The van der Waals surface area contributed by atoms with Crippen LogP contribution in [0.2, 0.25) is 0 Å². The molecule has 1 unspecified atom stereocenters. The van der Waals surface area contributed by atoms with Crippen molar-refractivity contribution < 1.29 is 9.50 Å². The second-order valence-electron chi connectivity index (χ2n) is 3.60. The Labute approximate surface area is 67.0 Å². The normalized spacial score (nSPS) is 28.4. The highest BCUT2D eigenvalue weighted by Crippen LogP contribution is 2.28. The summed E-state index contributed by atoms with van der Waals surface area (Å²) in [5.41, 5.74) is 0. The number of aliphatic hydroxyl groups is 1. The minimum atomic E-state index is -1.97. The molecule has 1 heterocycles. The fourth-order valence-corrected chi connectivity index (χ4v) is 1.54. The number of hydrogen-bond donors (Lipinski definition) is 1. The summed E-state index contributed by atoms with van der Waals surface area (Å²) in [4.78, 5) is 2.16. The summed E-state index contributed by atoms with van der Waals surface area (Å²) in [6, 6.07) is 0. The lowest BCUT2D eigenvalue weighted by atomic mass is 9.91. The second-order valence-corrected chi connectivity index (χ2v) is 3.60. The van der Waals surface area contributed by atoms with E-state index in [-0.39, 0.29) is 5.92 Å². The molecule has 0 saturated carbocycles. The van der Waals surface area contributed by atoms with Gasteiger partial charge in [0.1, 0.15) is 0 Å². The van der Waals surface area contributed by atoms with Crippen LogP contribution in [0.25, 0.3) is 0 Å². The molecule has 1 aliphatic rings. The van der Waals surface area contributed by atoms with Crippen molar-refractivity contribution in [2.45, 2.75) is 25.6 Å². The summed E-state index contributed by atoms with van der Waals surface area (Å²) in [5.74, 6) is -2.14. The Balaban J connectivity index is 2.39. The number of piperidine rings is 1. The standard InChI is InChI=1S/C8H16FNO/c1-8(9,11)7-3-5-10(2)6-4-7/h7,11H,3-6H2,1-2H3. The zero-order valence-electron chi connectivity index (χ0n) is 7.18. The fourth-order valence-electron chi connectivity index (χ4n) is 1.54. The maximum Gasteiger partial charge on any atom is 0.206 e. The summed E-state index contributed by atoms with van der Waals surface area (Å²) >= 11 is 0. The molecule has 1 atom stereocenters. The molecule has 0 aromatic heterocycles. The van der Waals surface area contributed by atoms with E-state index in [0.717, 1.165) is 25.9 Å². The molecule has 66 valence electrons. The summed E-state index contributed by atoms with van der Waals surface area (Å²) in [6.07, 6.45) is 1.53. The molecule has 0 spiro atoms. The summed E-state index contributed by atoms with van der Waals surface area (Å²) in [7, 11) is 2.02. The summed E-state index contributed by atoms with van der Waals surface area (Å²) in [5, 5.41) is 9.04. The molecule has 1 N–H and O–H groups in total. The van der Waals surface area contributed by atoms with E-state index >= 15 is 0 Å². The third-order valence-corrected chi connectivity index (χ3v) is 2.46. The Morgan fingerprint density at radius 2 is 1.91 bits per heavy atom. The van der Waals surface area contributed by atoms with Crippen molar-refractivity contribution >= 4 is 0 Å². The van der Waals surface area contributed by atoms with E-state index in [9.17, 15) is 4.39 Å². The van der Waals surface area contributed by atoms with Crippen LogP contribution < -0.4 is 0 Å². The van der Waals surface area contributed by atoms with Crippen molar-refractivity contribution in [3.05, 3.63) is 0 Å². The Morgan fingerprint density at radius 1 is 1.45 bits per heavy atom. The van der Waals surface area contributed by atoms with Crippen LogP contribution >= 0.6 is 0 Å². The Bertz CT molecular complexity index is 125. The van der Waals surface area contributed by atoms with Gasteiger partial charge in [0.25, 0.3) is 0 Å². The van der Waals surface area contributed by atoms with Gasteiger partial charge >= 0.3 is 0 Å². The summed E-state index contributed by atoms with van der Waals surface area (Å²) < 4.78 is 12.9. The predicted molar refractivity (Wildman–Crippen MR) is 42.0 cm³/mol. The molecule has 1 saturated heterocycles. The lowest BCUT2D eigenvalue weighted by Crippen LogP contribution is -2.39. The van der Waals surface area contributed by atoms with Crippen LogP contribution in [-0.2, 0) is 0 Å². The molecule has 1 fully saturated rings. The Morgan fingerprint density at radius 3 is 2.27 bits per heavy atom. The first-order valence-corrected chi connectivity index (χ1v) is 4.10. The summed E-state index contributed by atoms with van der Waals surface area (Å²) in [6.45, 7) is 3.04. The van der Waals surface area contributed by atoms with E-state index in [1.165, 1.54) is 6.92 Å². The van der Waals surface area contributed by atoms with Gasteiger partial charge in [0.2, 0.25) is 5.85 Å². The highest BCUT2D eigenvalue weighted by atomic mass is 19.2. The van der Waals surface area contributed by atoms with E-state index in [2.05, 4.69) is 4.90 Å². The van der Waals surface area contributed by atoms with E-state index in [0.29, 0.717) is 0 Å². The van der Waals surface area contributed by atoms with Gasteiger partial charge in [0.15, 0.2) is 0 Å². The van der Waals surface area contributed by atoms with Gasteiger partial charge in [-0.05, 0) is 39.9 Å². The van der Waals surface area contributed by atoms with Gasteiger partial charge in [-0.1, -0.05) is 0 Å². The largest absolute Gasteiger partial charge is 0.362 e. The molecule has 0 bridgehead atoms. The minimum absolute atomic E-state index is 0.168. The van der Waals surface area contributed by atoms with E-state index < -0.39 is 5.85 Å². The SMILES string of the molecule is CN1CCC(C(C)(O)F)CC1. The number of hydrogen-bond acceptors (Lipinski definition) is 2. The van der Waals surface area contributed by atoms with Gasteiger partial charge in [-0.2, -0.15) is 0 Å². The topological polar surface area (TPSA) is 23.5 Å². The van der Waals surface area contributed by atoms with Crippen molar-refractivity contribution in [2.24, 2.45) is 5.92 Å². The van der Waals surface area contributed by atoms with Gasteiger partial charge in [-0.25, -0.2) is 4.39 Å². The van der Waals surface area contributed by atoms with E-state index in [4.69, 9.17) is 5.11 Å². The van der Waals surface area contributed by atoms with E-state index in [1.807, 2.05) is 7.05 Å². The second kappa shape index (κ2) is 3.07. The number of likely N-dealkylation sites (tertiary alicyclic amines) is 1. The average Bonchev–Trinajstić information content (AvgIpc) is 1.86. The average molecular weight is 161 g/mol. The zero-order valence-corrected chi connectivity index (χ0v) is 7.18. The van der Waals surface area contributed by atoms with Gasteiger partial charge in [-0.15, -0.1) is 0 Å². The third kappa shape index (κ3) is 2.42. The molecule has 0 amide bonds. The third-order valence-electron chi connectivity index (χ3n) is 2.46. The molecule has 0 radical (unpaired) electrons. The van der Waals surface area contributed by atoms with Crippen molar-refractivity contribution in [1.82, 2.24) is 4.90 Å². The maximum absolute atomic E-state index is 12.9. The van der Waals surface area contributed by atoms with Crippen LogP contribution in [0.1, 0.15) is 19.8 Å². The highest BCUT2D eigenvalue weighted by Gasteiger charge is 2.33. The van der Waals surface area contributed by atoms with Crippen molar-refractivity contribution in [3.8, 4) is 0 Å². The molecule has 1 aliphatic heterocycles. The van der Waals surface area contributed by atoms with Crippen LogP contribution in [0, 0.1) is 5.92 Å². The lowest BCUT2D eigenvalue weighted by Gasteiger charge is -2.33. The van der Waals surface area contributed by atoms with Gasteiger partial charge in [0, 0.05) is 5.92 Å². The van der Waals surface area contributed by atoms with Crippen LogP contribution in [0.15, 0.2) is 0 Å². The number of rotatable bonds is 1. The zero-order chi connectivity index (χ0) is 8.48. The number of alkyl halides is 1. The lowest BCUT2D eigenvalue weighted by molar-refractivity contribution is -0.131. The first kappa shape index (κ1) is 8.94. The molecule has 2 nitrogen and oxygen atoms in total. The fraction of sp³-hybridized carbons (Fsp3) is 1.00. The highest BCUT2D eigenvalue weighted by molar-refractivity contribution is 4.77. The molecular formula is C8H16FNO. The van der Waals surface area contributed by atoms with Crippen molar-refractivity contribution in [2.75, 3.05) is 20.1 Å². The minimum Gasteiger partial charge on any atom is -0.362 e. The molecule has 3 heteroatoms. The van der Waals surface area contributed by atoms with Crippen LogP contribution in [0.4, 0.5) is 4.39 Å². The Kier molecular flexibility index (Phi) is 2.50. The van der Waals surface area contributed by atoms with Crippen LogP contribution in [0.5, 0.6) is 0 Å². The van der Waals surface area contributed by atoms with Gasteiger partial charge in [-0.3, -0.25) is 0 Å². The molecule has 1 rings (SSSR count). The molecule has 0 aromatic carbocycles. The predicted octanol–water partition coefficient (Wildman–Crippen LogP) is 1.01. The van der Waals surface area contributed by atoms with Crippen LogP contribution in [0.3, 0.4) is 0 Å². The molecular weight excluding hydrogens is 145 g/mol. The number of nitrogens with zero attached hydrogens (tertiary/aromatic N) is 1. The molecule has 0 aromatic rings. The maximum atomic E-state index is 12.9. The van der Waals surface area contributed by atoms with E-state index in [1.54, 1.807) is 0 Å². The first-order valence-electron chi connectivity index (χ1n) is 4.10. The number of halogens is 1. The molecule has 0 aliphatic carbocycles. The quantitative estimate of drug-likeness (QED) is 0.620. The van der Waals surface area contributed by atoms with Crippen LogP contribution in [-0.4, -0.2) is 36.0 Å². The van der Waals surface area contributed by atoms with Crippen molar-refractivity contribution in [1.29, 1.82) is 0 Å². The molecule has 11 heavy (non-hydrogen) atoms. The Hall–Kier alpha value is -0.150. The van der Waals surface area contributed by atoms with Gasteiger partial charge in [0.05, 0.1) is 0 Å². The first-order chi connectivity index (χ1) is 5.00.